The van der Waals surface area contributed by atoms with E-state index in [2.05, 4.69) is 4.98 Å². The second-order valence-electron chi connectivity index (χ2n) is 5.37. The number of aromatic nitrogens is 1. The van der Waals surface area contributed by atoms with Crippen LogP contribution in [0.2, 0.25) is 0 Å². The van der Waals surface area contributed by atoms with Gasteiger partial charge in [0.15, 0.2) is 0 Å². The van der Waals surface area contributed by atoms with Gasteiger partial charge in [0.1, 0.15) is 6.10 Å². The number of amides is 1. The molecule has 8 heteroatoms. The van der Waals surface area contributed by atoms with Crippen LogP contribution < -0.4 is 5.73 Å². The number of hydrogen-bond acceptors (Lipinski definition) is 5. The van der Waals surface area contributed by atoms with Crippen molar-refractivity contribution in [1.29, 1.82) is 0 Å². The molecule has 1 aliphatic rings. The number of pyridine rings is 1. The number of morpholine rings is 1. The first-order valence-electron chi connectivity index (χ1n) is 7.41. The van der Waals surface area contributed by atoms with Crippen LogP contribution in [-0.4, -0.2) is 43.3 Å². The maximum atomic E-state index is 12.7. The van der Waals surface area contributed by atoms with Crippen molar-refractivity contribution in [2.45, 2.75) is 11.0 Å². The van der Waals surface area contributed by atoms with Crippen LogP contribution in [0.1, 0.15) is 22.2 Å². The van der Waals surface area contributed by atoms with Crippen LogP contribution in [0, 0.1) is 0 Å². The Balaban J connectivity index is 1.80. The highest BCUT2D eigenvalue weighted by Gasteiger charge is 2.31. The van der Waals surface area contributed by atoms with E-state index in [0.29, 0.717) is 11.3 Å². The smallest absolute Gasteiger partial charge is 0.250 e. The second-order valence-corrected chi connectivity index (χ2v) is 7.31. The van der Waals surface area contributed by atoms with Gasteiger partial charge in [0, 0.05) is 19.3 Å². The number of ether oxygens (including phenoxy) is 1. The molecule has 24 heavy (non-hydrogen) atoms. The predicted octanol–water partition coefficient (Wildman–Crippen LogP) is 0.943. The maximum absolute atomic E-state index is 12.7. The van der Waals surface area contributed by atoms with Crippen molar-refractivity contribution < 1.29 is 17.9 Å². The van der Waals surface area contributed by atoms with Gasteiger partial charge in [-0.15, -0.1) is 0 Å². The minimum absolute atomic E-state index is 0.167. The van der Waals surface area contributed by atoms with E-state index < -0.39 is 22.0 Å². The third-order valence-electron chi connectivity index (χ3n) is 3.81. The summed E-state index contributed by atoms with van der Waals surface area (Å²) in [5, 5.41) is 0. The summed E-state index contributed by atoms with van der Waals surface area (Å²) in [5.41, 5.74) is 6.05. The number of nitrogens with zero attached hydrogens (tertiary/aromatic N) is 2. The lowest BCUT2D eigenvalue weighted by Crippen LogP contribution is -2.42. The molecule has 1 atom stereocenters. The zero-order chi connectivity index (χ0) is 17.2. The molecule has 0 spiro atoms. The van der Waals surface area contributed by atoms with Gasteiger partial charge in [-0.25, -0.2) is 8.42 Å². The summed E-state index contributed by atoms with van der Waals surface area (Å²) in [5.74, 6) is -0.563. The molecular formula is C16H17N3O4S. The van der Waals surface area contributed by atoms with Crippen LogP contribution in [0.25, 0.3) is 0 Å². The molecule has 1 saturated heterocycles. The van der Waals surface area contributed by atoms with Crippen LogP contribution >= 0.6 is 0 Å². The van der Waals surface area contributed by atoms with Crippen LogP contribution in [0.5, 0.6) is 0 Å². The van der Waals surface area contributed by atoms with Gasteiger partial charge < -0.3 is 10.5 Å². The van der Waals surface area contributed by atoms with Crippen molar-refractivity contribution in [3.8, 4) is 0 Å². The van der Waals surface area contributed by atoms with Crippen LogP contribution in [-0.2, 0) is 14.8 Å². The molecule has 0 unspecified atom stereocenters. The average molecular weight is 347 g/mol. The summed E-state index contributed by atoms with van der Waals surface area (Å²) in [4.78, 5) is 15.5. The van der Waals surface area contributed by atoms with E-state index in [9.17, 15) is 13.2 Å². The Kier molecular flexibility index (Phi) is 4.61. The maximum Gasteiger partial charge on any atom is 0.250 e. The molecular weight excluding hydrogens is 330 g/mol. The summed E-state index contributed by atoms with van der Waals surface area (Å²) < 4.78 is 32.4. The average Bonchev–Trinajstić information content (AvgIpc) is 2.62. The van der Waals surface area contributed by atoms with Gasteiger partial charge in [-0.3, -0.25) is 9.78 Å². The predicted molar refractivity (Wildman–Crippen MR) is 86.6 cm³/mol. The number of hydrogen-bond donors (Lipinski definition) is 1. The Morgan fingerprint density at radius 3 is 2.58 bits per heavy atom. The number of carbonyl (C=O) groups is 1. The van der Waals surface area contributed by atoms with E-state index in [4.69, 9.17) is 10.5 Å². The molecule has 1 aliphatic heterocycles. The lowest BCUT2D eigenvalue weighted by molar-refractivity contribution is -0.00495. The molecule has 2 N–H and O–H groups in total. The number of primary amides is 1. The van der Waals surface area contributed by atoms with Crippen LogP contribution in [0.3, 0.4) is 0 Å². The normalized spacial score (nSPS) is 19.1. The van der Waals surface area contributed by atoms with Crippen molar-refractivity contribution in [1.82, 2.24) is 9.29 Å². The molecule has 0 saturated carbocycles. The van der Waals surface area contributed by atoms with E-state index in [0.717, 1.165) is 0 Å². The van der Waals surface area contributed by atoms with Gasteiger partial charge in [-0.2, -0.15) is 4.31 Å². The number of sulfonamides is 1. The zero-order valence-electron chi connectivity index (χ0n) is 12.8. The van der Waals surface area contributed by atoms with Gasteiger partial charge in [0.2, 0.25) is 15.9 Å². The molecule has 2 aromatic rings. The second kappa shape index (κ2) is 6.68. The van der Waals surface area contributed by atoms with E-state index in [-0.39, 0.29) is 24.6 Å². The fourth-order valence-electron chi connectivity index (χ4n) is 2.51. The summed E-state index contributed by atoms with van der Waals surface area (Å²) in [6.07, 6.45) is 0.880. The summed E-state index contributed by atoms with van der Waals surface area (Å²) >= 11 is 0. The molecule has 1 aromatic carbocycles. The molecule has 2 heterocycles. The topological polar surface area (TPSA) is 103 Å². The van der Waals surface area contributed by atoms with Crippen molar-refractivity contribution >= 4 is 15.9 Å². The Hall–Kier alpha value is -2.29. The molecule has 1 fully saturated rings. The summed E-state index contributed by atoms with van der Waals surface area (Å²) in [6.45, 7) is 0.725. The lowest BCUT2D eigenvalue weighted by atomic mass is 10.1. The van der Waals surface area contributed by atoms with Crippen LogP contribution in [0.15, 0.2) is 53.6 Å². The largest absolute Gasteiger partial charge is 0.369 e. The van der Waals surface area contributed by atoms with Crippen molar-refractivity contribution in [3.05, 3.63) is 59.9 Å². The SMILES string of the molecule is NC(=O)c1ccc([C@H]2CN(S(=O)(=O)c3ccccc3)CCO2)nc1. The molecule has 0 aliphatic carbocycles. The van der Waals surface area contributed by atoms with E-state index >= 15 is 0 Å². The first kappa shape index (κ1) is 16.6. The monoisotopic (exact) mass is 347 g/mol. The highest BCUT2D eigenvalue weighted by Crippen LogP contribution is 2.25. The minimum atomic E-state index is -3.57. The Morgan fingerprint density at radius 1 is 1.21 bits per heavy atom. The highest BCUT2D eigenvalue weighted by molar-refractivity contribution is 7.89. The number of nitrogens with two attached hydrogens (primary N) is 1. The highest BCUT2D eigenvalue weighted by atomic mass is 32.2. The first-order valence-corrected chi connectivity index (χ1v) is 8.85. The van der Waals surface area contributed by atoms with Gasteiger partial charge in [0.25, 0.3) is 0 Å². The number of rotatable bonds is 4. The van der Waals surface area contributed by atoms with Gasteiger partial charge >= 0.3 is 0 Å². The van der Waals surface area contributed by atoms with E-state index in [1.807, 2.05) is 0 Å². The Bertz CT molecular complexity index is 822. The fraction of sp³-hybridized carbons (Fsp3) is 0.250. The lowest BCUT2D eigenvalue weighted by Gasteiger charge is -2.31. The standard InChI is InChI=1S/C16H17N3O4S/c17-16(20)12-6-7-14(18-10-12)15-11-19(8-9-23-15)24(21,22)13-4-2-1-3-5-13/h1-7,10,15H,8-9,11H2,(H2,17,20)/t15-/m1/s1. The molecule has 7 nitrogen and oxygen atoms in total. The first-order chi connectivity index (χ1) is 11.5. The molecule has 1 aromatic heterocycles. The van der Waals surface area contributed by atoms with Gasteiger partial charge in [0.05, 0.1) is 22.8 Å². The summed E-state index contributed by atoms with van der Waals surface area (Å²) in [6, 6.07) is 11.5. The molecule has 0 bridgehead atoms. The van der Waals surface area contributed by atoms with Crippen molar-refractivity contribution in [3.63, 3.8) is 0 Å². The van der Waals surface area contributed by atoms with Crippen LogP contribution in [0.4, 0.5) is 0 Å². The zero-order valence-corrected chi connectivity index (χ0v) is 13.6. The molecule has 0 radical (unpaired) electrons. The third kappa shape index (κ3) is 3.30. The van der Waals surface area contributed by atoms with Gasteiger partial charge in [-0.05, 0) is 24.3 Å². The molecule has 1 amide bonds. The Morgan fingerprint density at radius 2 is 1.96 bits per heavy atom. The fourth-order valence-corrected chi connectivity index (χ4v) is 3.95. The Labute approximate surface area is 140 Å². The third-order valence-corrected chi connectivity index (χ3v) is 5.69. The summed E-state index contributed by atoms with van der Waals surface area (Å²) in [7, 11) is -3.57. The van der Waals surface area contributed by atoms with E-state index in [1.165, 1.54) is 10.5 Å². The molecule has 126 valence electrons. The minimum Gasteiger partial charge on any atom is -0.369 e. The quantitative estimate of drug-likeness (QED) is 0.887. The van der Waals surface area contributed by atoms with Crippen molar-refractivity contribution in [2.24, 2.45) is 5.73 Å². The number of benzene rings is 1. The van der Waals surface area contributed by atoms with E-state index in [1.54, 1.807) is 42.5 Å². The van der Waals surface area contributed by atoms with Gasteiger partial charge in [-0.1, -0.05) is 18.2 Å². The van der Waals surface area contributed by atoms with Crippen molar-refractivity contribution in [2.75, 3.05) is 19.7 Å². The molecule has 3 rings (SSSR count). The number of carbonyl (C=O) groups excluding carboxylic acids is 1.